The van der Waals surface area contributed by atoms with Crippen molar-refractivity contribution in [1.29, 1.82) is 0 Å². The predicted molar refractivity (Wildman–Crippen MR) is 112 cm³/mol. The standard InChI is InChI=1S/C20H21ClN4O2S/c1-25(11-17(26)22-14-8-4-3-7-13(14)21)10-16-23-19(27)18-12-6-2-5-9-15(12)28-20(18)24-16/h3-4,7-8H,2,5-6,9-11H2,1H3,(H,22,26)(H,23,24,27)/p+1. The number of aromatic amines is 1. The fraction of sp³-hybridized carbons (Fsp3) is 0.350. The summed E-state index contributed by atoms with van der Waals surface area (Å²) in [5.41, 5.74) is 1.72. The monoisotopic (exact) mass is 417 g/mol. The molecule has 1 amide bonds. The van der Waals surface area contributed by atoms with Crippen molar-refractivity contribution in [2.45, 2.75) is 32.2 Å². The van der Waals surface area contributed by atoms with Gasteiger partial charge in [-0.2, -0.15) is 0 Å². The maximum absolute atomic E-state index is 12.6. The number of nitrogens with zero attached hydrogens (tertiary/aromatic N) is 1. The Morgan fingerprint density at radius 3 is 2.93 bits per heavy atom. The lowest BCUT2D eigenvalue weighted by molar-refractivity contribution is -0.885. The molecule has 0 bridgehead atoms. The zero-order valence-electron chi connectivity index (χ0n) is 15.6. The van der Waals surface area contributed by atoms with Crippen LogP contribution in [0.15, 0.2) is 29.1 Å². The molecular formula is C20H22ClN4O2S+. The summed E-state index contributed by atoms with van der Waals surface area (Å²) in [6.07, 6.45) is 4.32. The second-order valence-corrected chi connectivity index (χ2v) is 8.73. The van der Waals surface area contributed by atoms with Crippen molar-refractivity contribution in [3.63, 3.8) is 0 Å². The molecule has 0 radical (unpaired) electrons. The van der Waals surface area contributed by atoms with Crippen molar-refractivity contribution in [3.05, 3.63) is 55.9 Å². The van der Waals surface area contributed by atoms with Gasteiger partial charge in [-0.3, -0.25) is 9.59 Å². The Hall–Kier alpha value is -2.22. The van der Waals surface area contributed by atoms with Gasteiger partial charge in [0, 0.05) is 4.88 Å². The molecule has 0 saturated heterocycles. The Balaban J connectivity index is 1.46. The Bertz CT molecular complexity index is 1090. The number of thiophene rings is 1. The summed E-state index contributed by atoms with van der Waals surface area (Å²) in [5, 5.41) is 4.09. The Labute approximate surface area is 171 Å². The summed E-state index contributed by atoms with van der Waals surface area (Å²) in [6.45, 7) is 0.706. The number of nitrogens with one attached hydrogen (secondary N) is 3. The quantitative estimate of drug-likeness (QED) is 0.595. The number of fused-ring (bicyclic) bond motifs is 3. The molecule has 0 fully saturated rings. The Kier molecular flexibility index (Phi) is 5.48. The lowest BCUT2D eigenvalue weighted by atomic mass is 9.97. The summed E-state index contributed by atoms with van der Waals surface area (Å²) < 4.78 is 0. The van der Waals surface area contributed by atoms with Gasteiger partial charge in [0.15, 0.2) is 12.4 Å². The molecule has 6 nitrogen and oxygen atoms in total. The topological polar surface area (TPSA) is 79.3 Å². The van der Waals surface area contributed by atoms with Crippen LogP contribution in [-0.4, -0.2) is 29.5 Å². The number of carbonyl (C=O) groups excluding carboxylic acids is 1. The van der Waals surface area contributed by atoms with Crippen molar-refractivity contribution in [2.75, 3.05) is 18.9 Å². The van der Waals surface area contributed by atoms with E-state index in [9.17, 15) is 9.59 Å². The van der Waals surface area contributed by atoms with E-state index < -0.39 is 0 Å². The molecule has 0 saturated carbocycles. The lowest BCUT2D eigenvalue weighted by Crippen LogP contribution is -3.08. The number of amides is 1. The van der Waals surface area contributed by atoms with Crippen LogP contribution in [0.2, 0.25) is 5.02 Å². The van der Waals surface area contributed by atoms with E-state index in [-0.39, 0.29) is 18.0 Å². The molecule has 2 aromatic heterocycles. The minimum atomic E-state index is -0.138. The van der Waals surface area contributed by atoms with Gasteiger partial charge in [0.05, 0.1) is 23.1 Å². The zero-order chi connectivity index (χ0) is 19.7. The maximum Gasteiger partial charge on any atom is 0.279 e. The summed E-state index contributed by atoms with van der Waals surface area (Å²) in [4.78, 5) is 35.6. The number of anilines is 1. The number of para-hydroxylation sites is 1. The van der Waals surface area contributed by atoms with Gasteiger partial charge in [-0.25, -0.2) is 4.98 Å². The van der Waals surface area contributed by atoms with Crippen LogP contribution in [0.5, 0.6) is 0 Å². The average Bonchev–Trinajstić information content (AvgIpc) is 3.02. The largest absolute Gasteiger partial charge is 0.323 e. The molecule has 1 unspecified atom stereocenters. The van der Waals surface area contributed by atoms with Gasteiger partial charge in [-0.15, -0.1) is 11.3 Å². The maximum atomic E-state index is 12.6. The molecule has 3 aromatic rings. The number of benzene rings is 1. The average molecular weight is 418 g/mol. The second-order valence-electron chi connectivity index (χ2n) is 7.24. The fourth-order valence-corrected chi connectivity index (χ4v) is 5.14. The van der Waals surface area contributed by atoms with Crippen molar-refractivity contribution in [3.8, 4) is 0 Å². The third-order valence-corrected chi connectivity index (χ3v) is 6.47. The van der Waals surface area contributed by atoms with Gasteiger partial charge in [0.2, 0.25) is 0 Å². The normalized spacial score (nSPS) is 14.6. The van der Waals surface area contributed by atoms with Gasteiger partial charge in [0.1, 0.15) is 11.4 Å². The van der Waals surface area contributed by atoms with E-state index in [4.69, 9.17) is 11.6 Å². The zero-order valence-corrected chi connectivity index (χ0v) is 17.2. The molecular weight excluding hydrogens is 396 g/mol. The predicted octanol–water partition coefficient (Wildman–Crippen LogP) is 2.17. The fourth-order valence-electron chi connectivity index (χ4n) is 3.67. The van der Waals surface area contributed by atoms with Gasteiger partial charge in [0.25, 0.3) is 11.5 Å². The van der Waals surface area contributed by atoms with Crippen LogP contribution in [0.1, 0.15) is 29.1 Å². The molecule has 1 atom stereocenters. The first kappa shape index (κ1) is 19.1. The molecule has 146 valence electrons. The highest BCUT2D eigenvalue weighted by Gasteiger charge is 2.21. The third kappa shape index (κ3) is 3.97. The molecule has 1 aromatic carbocycles. The molecule has 1 aliphatic rings. The van der Waals surface area contributed by atoms with Crippen molar-refractivity contribution >= 4 is 44.7 Å². The van der Waals surface area contributed by atoms with E-state index in [1.165, 1.54) is 16.9 Å². The number of aromatic nitrogens is 2. The summed E-state index contributed by atoms with van der Waals surface area (Å²) in [6, 6.07) is 7.14. The molecule has 2 heterocycles. The van der Waals surface area contributed by atoms with Crippen molar-refractivity contribution in [1.82, 2.24) is 9.97 Å². The van der Waals surface area contributed by atoms with Gasteiger partial charge in [-0.05, 0) is 43.4 Å². The van der Waals surface area contributed by atoms with Crippen LogP contribution in [0.25, 0.3) is 10.2 Å². The van der Waals surface area contributed by atoms with Crippen LogP contribution >= 0.6 is 22.9 Å². The molecule has 3 N–H and O–H groups in total. The minimum Gasteiger partial charge on any atom is -0.323 e. The van der Waals surface area contributed by atoms with E-state index in [2.05, 4.69) is 15.3 Å². The number of carbonyl (C=O) groups is 1. The number of aryl methyl sites for hydroxylation is 2. The van der Waals surface area contributed by atoms with E-state index in [0.29, 0.717) is 23.1 Å². The Morgan fingerprint density at radius 2 is 2.11 bits per heavy atom. The summed E-state index contributed by atoms with van der Waals surface area (Å²) in [7, 11) is 1.90. The van der Waals surface area contributed by atoms with E-state index in [1.54, 1.807) is 23.5 Å². The number of rotatable bonds is 5. The van der Waals surface area contributed by atoms with E-state index in [1.807, 2.05) is 19.2 Å². The number of halogens is 1. The molecule has 4 rings (SSSR count). The number of hydrogen-bond donors (Lipinski definition) is 3. The van der Waals surface area contributed by atoms with Crippen molar-refractivity contribution in [2.24, 2.45) is 0 Å². The molecule has 28 heavy (non-hydrogen) atoms. The SMILES string of the molecule is C[NH+](CC(=O)Nc1ccccc1Cl)Cc1nc2sc3c(c2c(=O)[nH]1)CCCC3. The highest BCUT2D eigenvalue weighted by molar-refractivity contribution is 7.18. The van der Waals surface area contributed by atoms with Gasteiger partial charge >= 0.3 is 0 Å². The first-order valence-electron chi connectivity index (χ1n) is 9.40. The number of hydrogen-bond acceptors (Lipinski definition) is 4. The number of likely N-dealkylation sites (N-methyl/N-ethyl adjacent to an activating group) is 1. The van der Waals surface area contributed by atoms with E-state index >= 15 is 0 Å². The third-order valence-electron chi connectivity index (χ3n) is 4.95. The number of H-pyrrole nitrogens is 1. The summed E-state index contributed by atoms with van der Waals surface area (Å²) >= 11 is 7.72. The van der Waals surface area contributed by atoms with Crippen LogP contribution in [-0.2, 0) is 24.2 Å². The van der Waals surface area contributed by atoms with Gasteiger partial charge < -0.3 is 15.2 Å². The van der Waals surface area contributed by atoms with Crippen molar-refractivity contribution < 1.29 is 9.69 Å². The van der Waals surface area contributed by atoms with Crippen LogP contribution < -0.4 is 15.8 Å². The van der Waals surface area contributed by atoms with Gasteiger partial charge in [-0.1, -0.05) is 23.7 Å². The van der Waals surface area contributed by atoms with Crippen LogP contribution in [0.3, 0.4) is 0 Å². The first-order valence-corrected chi connectivity index (χ1v) is 10.6. The molecule has 8 heteroatoms. The Morgan fingerprint density at radius 1 is 1.32 bits per heavy atom. The highest BCUT2D eigenvalue weighted by atomic mass is 35.5. The highest BCUT2D eigenvalue weighted by Crippen LogP contribution is 2.33. The van der Waals surface area contributed by atoms with Crippen LogP contribution in [0.4, 0.5) is 5.69 Å². The molecule has 0 spiro atoms. The lowest BCUT2D eigenvalue weighted by Gasteiger charge is -2.14. The van der Waals surface area contributed by atoms with E-state index in [0.717, 1.165) is 34.4 Å². The van der Waals surface area contributed by atoms with Crippen LogP contribution in [0, 0.1) is 0 Å². The first-order chi connectivity index (χ1) is 13.5. The smallest absolute Gasteiger partial charge is 0.279 e. The summed E-state index contributed by atoms with van der Waals surface area (Å²) in [5.74, 6) is 0.472. The number of quaternary nitrogens is 1. The molecule has 0 aliphatic heterocycles. The second kappa shape index (κ2) is 8.03. The molecule has 1 aliphatic carbocycles. The minimum absolute atomic E-state index is 0.0623.